The monoisotopic (exact) mass is 286 g/mol. The zero-order valence-corrected chi connectivity index (χ0v) is 12.1. The van der Waals surface area contributed by atoms with Gasteiger partial charge < -0.3 is 4.74 Å². The van der Waals surface area contributed by atoms with E-state index in [1.54, 1.807) is 24.3 Å². The van der Waals surface area contributed by atoms with Crippen molar-refractivity contribution in [3.05, 3.63) is 24.3 Å². The van der Waals surface area contributed by atoms with E-state index in [9.17, 15) is 8.42 Å². The van der Waals surface area contributed by atoms with Crippen molar-refractivity contribution in [2.75, 3.05) is 18.6 Å². The fraction of sp³-hybridized carbons (Fsp3) is 0.538. The Hall–Kier alpha value is -0.680. The van der Waals surface area contributed by atoms with Gasteiger partial charge in [0.15, 0.2) is 9.84 Å². The molecule has 0 unspecified atom stereocenters. The van der Waals surface area contributed by atoms with Gasteiger partial charge in [0.25, 0.3) is 0 Å². The Morgan fingerprint density at radius 3 is 2.28 bits per heavy atom. The Balaban J connectivity index is 1.99. The molecule has 0 aliphatic heterocycles. The van der Waals surface area contributed by atoms with Crippen LogP contribution in [0.1, 0.15) is 19.3 Å². The standard InChI is InChI=1S/C13H18O3S2/c1-18(14,15)12-5-3-11(4-6-12)16-9-13(10-17)7-2-8-13/h3-6,17H,2,7-10H2,1H3. The average molecular weight is 286 g/mol. The van der Waals surface area contributed by atoms with Gasteiger partial charge in [-0.1, -0.05) is 6.42 Å². The molecule has 0 aromatic heterocycles. The molecule has 100 valence electrons. The Kier molecular flexibility index (Phi) is 3.92. The molecule has 0 atom stereocenters. The van der Waals surface area contributed by atoms with Gasteiger partial charge in [0.2, 0.25) is 0 Å². The molecule has 0 amide bonds. The van der Waals surface area contributed by atoms with Crippen LogP contribution in [0, 0.1) is 5.41 Å². The van der Waals surface area contributed by atoms with Crippen LogP contribution in [0.4, 0.5) is 0 Å². The highest BCUT2D eigenvalue weighted by Crippen LogP contribution is 2.42. The van der Waals surface area contributed by atoms with Crippen molar-refractivity contribution in [2.24, 2.45) is 5.41 Å². The zero-order chi connectivity index (χ0) is 13.2. The number of sulfone groups is 1. The number of benzene rings is 1. The van der Waals surface area contributed by atoms with Crippen LogP contribution in [0.5, 0.6) is 5.75 Å². The molecular formula is C13H18O3S2. The van der Waals surface area contributed by atoms with E-state index in [-0.39, 0.29) is 5.41 Å². The second kappa shape index (κ2) is 5.13. The van der Waals surface area contributed by atoms with Gasteiger partial charge in [-0.2, -0.15) is 12.6 Å². The molecule has 18 heavy (non-hydrogen) atoms. The third kappa shape index (κ3) is 3.01. The van der Waals surface area contributed by atoms with Gasteiger partial charge in [-0.25, -0.2) is 8.42 Å². The molecule has 0 saturated heterocycles. The maximum atomic E-state index is 11.3. The van der Waals surface area contributed by atoms with Crippen LogP contribution in [-0.4, -0.2) is 27.0 Å². The fourth-order valence-electron chi connectivity index (χ4n) is 2.04. The topological polar surface area (TPSA) is 43.4 Å². The highest BCUT2D eigenvalue weighted by Gasteiger charge is 2.36. The van der Waals surface area contributed by atoms with Gasteiger partial charge in [-0.15, -0.1) is 0 Å². The zero-order valence-electron chi connectivity index (χ0n) is 10.4. The first kappa shape index (κ1) is 13.7. The molecule has 1 fully saturated rings. The third-order valence-electron chi connectivity index (χ3n) is 3.55. The number of thiol groups is 1. The molecule has 1 aromatic carbocycles. The predicted molar refractivity (Wildman–Crippen MR) is 75.2 cm³/mol. The highest BCUT2D eigenvalue weighted by atomic mass is 32.2. The summed E-state index contributed by atoms with van der Waals surface area (Å²) < 4.78 is 28.4. The Morgan fingerprint density at radius 2 is 1.89 bits per heavy atom. The van der Waals surface area contributed by atoms with E-state index >= 15 is 0 Å². The van der Waals surface area contributed by atoms with Gasteiger partial charge in [-0.3, -0.25) is 0 Å². The maximum Gasteiger partial charge on any atom is 0.175 e. The van der Waals surface area contributed by atoms with E-state index in [2.05, 4.69) is 12.6 Å². The molecule has 0 heterocycles. The molecule has 1 aliphatic carbocycles. The quantitative estimate of drug-likeness (QED) is 0.846. The van der Waals surface area contributed by atoms with Crippen LogP contribution in [0.3, 0.4) is 0 Å². The van der Waals surface area contributed by atoms with Crippen LogP contribution in [0.25, 0.3) is 0 Å². The summed E-state index contributed by atoms with van der Waals surface area (Å²) in [5.41, 5.74) is 0.221. The van der Waals surface area contributed by atoms with E-state index in [4.69, 9.17) is 4.74 Å². The summed E-state index contributed by atoms with van der Waals surface area (Å²) in [7, 11) is -3.13. The molecular weight excluding hydrogens is 268 g/mol. The van der Waals surface area contributed by atoms with Crippen molar-refractivity contribution >= 4 is 22.5 Å². The van der Waals surface area contributed by atoms with E-state index in [0.717, 1.165) is 24.3 Å². The lowest BCUT2D eigenvalue weighted by Gasteiger charge is -2.40. The molecule has 1 saturated carbocycles. The van der Waals surface area contributed by atoms with Crippen molar-refractivity contribution in [1.29, 1.82) is 0 Å². The summed E-state index contributed by atoms with van der Waals surface area (Å²) >= 11 is 4.37. The summed E-state index contributed by atoms with van der Waals surface area (Å²) in [5, 5.41) is 0. The second-order valence-electron chi connectivity index (χ2n) is 5.04. The van der Waals surface area contributed by atoms with E-state index < -0.39 is 9.84 Å². The van der Waals surface area contributed by atoms with Crippen molar-refractivity contribution in [3.8, 4) is 5.75 Å². The molecule has 3 nitrogen and oxygen atoms in total. The first-order valence-corrected chi connectivity index (χ1v) is 8.51. The van der Waals surface area contributed by atoms with Crippen LogP contribution in [-0.2, 0) is 9.84 Å². The summed E-state index contributed by atoms with van der Waals surface area (Å²) in [4.78, 5) is 0.322. The number of rotatable bonds is 5. The van der Waals surface area contributed by atoms with Gasteiger partial charge in [0.1, 0.15) is 5.75 Å². The first-order valence-electron chi connectivity index (χ1n) is 5.99. The molecule has 0 bridgehead atoms. The van der Waals surface area contributed by atoms with Crippen LogP contribution < -0.4 is 4.74 Å². The minimum Gasteiger partial charge on any atom is -0.493 e. The normalized spacial score (nSPS) is 18.1. The van der Waals surface area contributed by atoms with E-state index in [1.165, 1.54) is 12.7 Å². The Bertz CT molecular complexity index is 496. The lowest BCUT2D eigenvalue weighted by atomic mass is 9.71. The average Bonchev–Trinajstić information content (AvgIpc) is 2.28. The number of hydrogen-bond acceptors (Lipinski definition) is 4. The first-order chi connectivity index (χ1) is 8.45. The summed E-state index contributed by atoms with van der Waals surface area (Å²) in [6.45, 7) is 0.661. The van der Waals surface area contributed by atoms with Crippen molar-refractivity contribution in [1.82, 2.24) is 0 Å². The molecule has 0 radical (unpaired) electrons. The summed E-state index contributed by atoms with van der Waals surface area (Å²) in [5.74, 6) is 1.56. The third-order valence-corrected chi connectivity index (χ3v) is 5.35. The molecule has 1 aliphatic rings. The van der Waals surface area contributed by atoms with Gasteiger partial charge in [0.05, 0.1) is 11.5 Å². The molecule has 0 N–H and O–H groups in total. The van der Waals surface area contributed by atoms with Crippen molar-refractivity contribution in [2.45, 2.75) is 24.2 Å². The van der Waals surface area contributed by atoms with E-state index in [1.807, 2.05) is 0 Å². The van der Waals surface area contributed by atoms with Crippen molar-refractivity contribution in [3.63, 3.8) is 0 Å². The Morgan fingerprint density at radius 1 is 1.28 bits per heavy atom. The summed E-state index contributed by atoms with van der Waals surface area (Å²) in [6, 6.07) is 6.58. The van der Waals surface area contributed by atoms with Gasteiger partial charge >= 0.3 is 0 Å². The largest absolute Gasteiger partial charge is 0.493 e. The molecule has 0 spiro atoms. The Labute approximate surface area is 114 Å². The minimum absolute atomic E-state index is 0.221. The number of ether oxygens (including phenoxy) is 1. The second-order valence-corrected chi connectivity index (χ2v) is 7.38. The lowest BCUT2D eigenvalue weighted by Crippen LogP contribution is -2.37. The minimum atomic E-state index is -3.13. The maximum absolute atomic E-state index is 11.3. The molecule has 5 heteroatoms. The van der Waals surface area contributed by atoms with Crippen LogP contribution in [0.15, 0.2) is 29.2 Å². The predicted octanol–water partition coefficient (Wildman–Crippen LogP) is 2.57. The SMILES string of the molecule is CS(=O)(=O)c1ccc(OCC2(CS)CCC2)cc1. The molecule has 2 rings (SSSR count). The summed E-state index contributed by atoms with van der Waals surface area (Å²) in [6.07, 6.45) is 4.78. The fourth-order valence-corrected chi connectivity index (χ4v) is 3.08. The van der Waals surface area contributed by atoms with Gasteiger partial charge in [-0.05, 0) is 42.9 Å². The highest BCUT2D eigenvalue weighted by molar-refractivity contribution is 7.90. The number of hydrogen-bond donors (Lipinski definition) is 1. The van der Waals surface area contributed by atoms with Gasteiger partial charge in [0, 0.05) is 11.7 Å². The van der Waals surface area contributed by atoms with Crippen LogP contribution >= 0.6 is 12.6 Å². The van der Waals surface area contributed by atoms with E-state index in [0.29, 0.717) is 11.5 Å². The smallest absolute Gasteiger partial charge is 0.175 e. The van der Waals surface area contributed by atoms with Crippen molar-refractivity contribution < 1.29 is 13.2 Å². The lowest BCUT2D eigenvalue weighted by molar-refractivity contribution is 0.0829. The molecule has 1 aromatic rings. The van der Waals surface area contributed by atoms with Crippen LogP contribution in [0.2, 0.25) is 0 Å².